The van der Waals surface area contributed by atoms with Crippen molar-refractivity contribution in [3.05, 3.63) is 77.3 Å². The van der Waals surface area contributed by atoms with Crippen LogP contribution in [0, 0.1) is 0 Å². The summed E-state index contributed by atoms with van der Waals surface area (Å²) < 4.78 is 31.0. The maximum atomic E-state index is 13.6. The molecule has 0 unspecified atom stereocenters. The van der Waals surface area contributed by atoms with Gasteiger partial charge in [-0.25, -0.2) is 13.4 Å². The first-order valence-corrected chi connectivity index (χ1v) is 16.4. The first-order chi connectivity index (χ1) is 20.1. The molecule has 0 aromatic heterocycles. The molecule has 2 amide bonds. The molecule has 2 fully saturated rings. The van der Waals surface area contributed by atoms with Crippen molar-refractivity contribution in [1.29, 1.82) is 0 Å². The van der Waals surface area contributed by atoms with Crippen molar-refractivity contribution in [3.63, 3.8) is 0 Å². The number of sulfone groups is 1. The minimum atomic E-state index is -3.67. The number of halogens is 1. The second-order valence-electron chi connectivity index (χ2n) is 10.0. The fourth-order valence-electron chi connectivity index (χ4n) is 5.26. The Hall–Kier alpha value is -3.48. The molecule has 2 aromatic carbocycles. The van der Waals surface area contributed by atoms with Gasteiger partial charge in [-0.2, -0.15) is 0 Å². The second kappa shape index (κ2) is 12.4. The molecule has 3 aliphatic rings. The number of ether oxygens (including phenoxy) is 1. The second-order valence-corrected chi connectivity index (χ2v) is 13.5. The van der Waals surface area contributed by atoms with Crippen LogP contribution in [0.25, 0.3) is 0 Å². The number of aliphatic imine (C=N–C) groups is 1. The molecule has 1 N–H and O–H groups in total. The monoisotopic (exact) mass is 630 g/mol. The molecule has 13 heteroatoms. The average molecular weight is 631 g/mol. The highest BCUT2D eigenvalue weighted by Crippen LogP contribution is 2.33. The van der Waals surface area contributed by atoms with Crippen molar-refractivity contribution in [3.8, 4) is 5.75 Å². The van der Waals surface area contributed by atoms with Gasteiger partial charge in [0.05, 0.1) is 34.6 Å². The van der Waals surface area contributed by atoms with E-state index in [0.717, 1.165) is 11.3 Å². The zero-order valence-corrected chi connectivity index (χ0v) is 25.4. The molecule has 0 saturated carbocycles. The number of thioether (sulfide) groups is 1. The topological polar surface area (TPSA) is 120 Å². The third-order valence-electron chi connectivity index (χ3n) is 7.48. The first-order valence-electron chi connectivity index (χ1n) is 13.4. The number of aliphatic hydroxyl groups is 1. The Kier molecular flexibility index (Phi) is 8.86. The number of fused-ring (bicyclic) bond motifs is 1. The number of carbonyl (C=O) groups excluding carboxylic acids is 2. The molecule has 5 rings (SSSR count). The molecule has 1 atom stereocenters. The van der Waals surface area contributed by atoms with Gasteiger partial charge in [-0.1, -0.05) is 30.3 Å². The van der Waals surface area contributed by atoms with Crippen LogP contribution >= 0.6 is 23.4 Å². The summed E-state index contributed by atoms with van der Waals surface area (Å²) in [4.78, 5) is 37.2. The van der Waals surface area contributed by atoms with Gasteiger partial charge >= 0.3 is 0 Å². The van der Waals surface area contributed by atoms with Gasteiger partial charge in [-0.15, -0.1) is 11.8 Å². The van der Waals surface area contributed by atoms with Crippen LogP contribution in [0.1, 0.15) is 12.8 Å². The smallest absolute Gasteiger partial charge is 0.274 e. The first kappa shape index (κ1) is 30.0. The Labute approximate surface area is 254 Å². The van der Waals surface area contributed by atoms with E-state index in [4.69, 9.17) is 16.3 Å². The lowest BCUT2D eigenvalue weighted by molar-refractivity contribution is -0.130. The Morgan fingerprint density at radius 3 is 2.62 bits per heavy atom. The van der Waals surface area contributed by atoms with Crippen LogP contribution in [-0.4, -0.2) is 96.7 Å². The number of amides is 2. The highest BCUT2D eigenvalue weighted by Gasteiger charge is 2.43. The van der Waals surface area contributed by atoms with E-state index in [-0.39, 0.29) is 65.1 Å². The van der Waals surface area contributed by atoms with Crippen molar-refractivity contribution in [1.82, 2.24) is 14.7 Å². The number of nitrogens with zero attached hydrogens (tertiary/aromatic N) is 4. The zero-order valence-electron chi connectivity index (χ0n) is 23.0. The van der Waals surface area contributed by atoms with Gasteiger partial charge in [0.25, 0.3) is 5.91 Å². The van der Waals surface area contributed by atoms with Gasteiger partial charge < -0.3 is 24.5 Å². The molecule has 3 aliphatic heterocycles. The summed E-state index contributed by atoms with van der Waals surface area (Å²) in [5.74, 6) is -0.00389. The van der Waals surface area contributed by atoms with Crippen LogP contribution in [0.15, 0.2) is 87.0 Å². The van der Waals surface area contributed by atoms with Crippen molar-refractivity contribution >= 4 is 50.9 Å². The van der Waals surface area contributed by atoms with Crippen LogP contribution in [0.3, 0.4) is 0 Å². The standard InChI is InChI=1S/C29H31ClN4O6S2/c1-19-27(36)26-29(37)32(16-17-42(38,39)21-11-9-20(40-2)10-12-21)14-15-34(26)28(31-19)23-7-5-13-33(23)25(35)18-41-24-8-4-3-6-22(24)30/h3-4,6,8-12,23,36H,1,5,7,13-18H2,2H3/t23-/m0/s1. The number of benzene rings is 2. The van der Waals surface area contributed by atoms with Crippen LogP contribution in [0.2, 0.25) is 5.02 Å². The van der Waals surface area contributed by atoms with E-state index in [9.17, 15) is 23.1 Å². The van der Waals surface area contributed by atoms with Gasteiger partial charge in [0.1, 0.15) is 17.3 Å². The van der Waals surface area contributed by atoms with Crippen molar-refractivity contribution in [2.75, 3.05) is 44.8 Å². The van der Waals surface area contributed by atoms with Crippen molar-refractivity contribution in [2.45, 2.75) is 28.7 Å². The van der Waals surface area contributed by atoms with E-state index >= 15 is 0 Å². The minimum absolute atomic E-state index is 0.00263. The van der Waals surface area contributed by atoms with Gasteiger partial charge in [0.2, 0.25) is 5.91 Å². The summed E-state index contributed by atoms with van der Waals surface area (Å²) in [5, 5.41) is 11.4. The molecule has 0 spiro atoms. The van der Waals surface area contributed by atoms with E-state index in [0.29, 0.717) is 29.6 Å². The number of likely N-dealkylation sites (tertiary alicyclic amines) is 1. The van der Waals surface area contributed by atoms with E-state index in [1.807, 2.05) is 18.2 Å². The summed E-state index contributed by atoms with van der Waals surface area (Å²) in [5.41, 5.74) is 0.0323. The predicted molar refractivity (Wildman–Crippen MR) is 161 cm³/mol. The summed E-state index contributed by atoms with van der Waals surface area (Å²) in [7, 11) is -2.17. The normalized spacial score (nSPS) is 19.2. The predicted octanol–water partition coefficient (Wildman–Crippen LogP) is 3.75. The lowest BCUT2D eigenvalue weighted by atomic mass is 10.1. The van der Waals surface area contributed by atoms with Gasteiger partial charge in [0, 0.05) is 31.1 Å². The molecule has 3 heterocycles. The van der Waals surface area contributed by atoms with E-state index in [1.165, 1.54) is 35.9 Å². The number of methoxy groups -OCH3 is 1. The lowest BCUT2D eigenvalue weighted by Crippen LogP contribution is -2.57. The van der Waals surface area contributed by atoms with Gasteiger partial charge in [-0.3, -0.25) is 9.59 Å². The molecule has 2 saturated heterocycles. The van der Waals surface area contributed by atoms with E-state index in [2.05, 4.69) is 11.6 Å². The molecule has 222 valence electrons. The van der Waals surface area contributed by atoms with Gasteiger partial charge in [-0.05, 0) is 49.2 Å². The number of carbonyl (C=O) groups is 2. The number of aliphatic hydroxyl groups excluding tert-OH is 1. The third kappa shape index (κ3) is 6.02. The SMILES string of the molecule is C=C1N=C([C@@H]2CCCN2C(=O)CSc2ccccc2Cl)N2CCN(CCS(=O)(=O)c3ccc(OC)cc3)C(=O)C2=C1O. The Morgan fingerprint density at radius 1 is 1.17 bits per heavy atom. The molecular formula is C29H31ClN4O6S2. The minimum Gasteiger partial charge on any atom is -0.504 e. The number of piperazine rings is 1. The zero-order chi connectivity index (χ0) is 30.0. The maximum Gasteiger partial charge on any atom is 0.274 e. The molecule has 0 radical (unpaired) electrons. The summed E-state index contributed by atoms with van der Waals surface area (Å²) in [6, 6.07) is 13.0. The molecule has 0 bridgehead atoms. The van der Waals surface area contributed by atoms with Crippen LogP contribution < -0.4 is 4.74 Å². The summed E-state index contributed by atoms with van der Waals surface area (Å²) in [6.07, 6.45) is 1.41. The van der Waals surface area contributed by atoms with E-state index < -0.39 is 15.7 Å². The summed E-state index contributed by atoms with van der Waals surface area (Å²) in [6.45, 7) is 4.84. The highest BCUT2D eigenvalue weighted by molar-refractivity contribution is 8.00. The molecular weight excluding hydrogens is 600 g/mol. The average Bonchev–Trinajstić information content (AvgIpc) is 3.48. The molecule has 42 heavy (non-hydrogen) atoms. The number of hydrogen-bond acceptors (Lipinski definition) is 9. The maximum absolute atomic E-state index is 13.6. The number of rotatable bonds is 9. The van der Waals surface area contributed by atoms with Crippen molar-refractivity contribution < 1.29 is 27.9 Å². The Bertz CT molecular complexity index is 1570. The van der Waals surface area contributed by atoms with Crippen molar-refractivity contribution in [2.24, 2.45) is 4.99 Å². The summed E-state index contributed by atoms with van der Waals surface area (Å²) >= 11 is 7.62. The largest absolute Gasteiger partial charge is 0.504 e. The molecule has 10 nitrogen and oxygen atoms in total. The highest BCUT2D eigenvalue weighted by atomic mass is 35.5. The Morgan fingerprint density at radius 2 is 1.90 bits per heavy atom. The van der Waals surface area contributed by atoms with E-state index in [1.54, 1.807) is 28.0 Å². The van der Waals surface area contributed by atoms with Crippen LogP contribution in [0.5, 0.6) is 5.75 Å². The lowest BCUT2D eigenvalue weighted by Gasteiger charge is -2.42. The van der Waals surface area contributed by atoms with Crippen LogP contribution in [0.4, 0.5) is 0 Å². The third-order valence-corrected chi connectivity index (χ3v) is 10.7. The molecule has 0 aliphatic carbocycles. The fraction of sp³-hybridized carbons (Fsp3) is 0.345. The Balaban J connectivity index is 1.28. The quantitative estimate of drug-likeness (QED) is 0.416. The fourth-order valence-corrected chi connectivity index (χ4v) is 7.63. The number of amidine groups is 1. The van der Waals surface area contributed by atoms with Gasteiger partial charge in [0.15, 0.2) is 21.3 Å². The van der Waals surface area contributed by atoms with Crippen LogP contribution in [-0.2, 0) is 19.4 Å². The number of hydrogen-bond donors (Lipinski definition) is 1. The molecule has 2 aromatic rings.